The van der Waals surface area contributed by atoms with Gasteiger partial charge in [-0.1, -0.05) is 11.6 Å². The zero-order chi connectivity index (χ0) is 15.9. The Balaban J connectivity index is 1.96. The van der Waals surface area contributed by atoms with Crippen LogP contribution < -0.4 is 16.0 Å². The van der Waals surface area contributed by atoms with Crippen molar-refractivity contribution in [2.24, 2.45) is 0 Å². The van der Waals surface area contributed by atoms with E-state index < -0.39 is 5.91 Å². The van der Waals surface area contributed by atoms with E-state index in [1.54, 1.807) is 25.1 Å². The molecule has 2 amide bonds. The van der Waals surface area contributed by atoms with Gasteiger partial charge in [0.15, 0.2) is 0 Å². The molecule has 0 aliphatic carbocycles. The lowest BCUT2D eigenvalue weighted by atomic mass is 10.1. The largest absolute Gasteiger partial charge is 0.444 e. The van der Waals surface area contributed by atoms with Crippen molar-refractivity contribution >= 4 is 35.0 Å². The summed E-state index contributed by atoms with van der Waals surface area (Å²) < 4.78 is 5.46. The van der Waals surface area contributed by atoms with Crippen LogP contribution in [0.5, 0.6) is 0 Å². The fraction of sp³-hybridized carbons (Fsp3) is 0.200. The molecule has 22 heavy (non-hydrogen) atoms. The Morgan fingerprint density at radius 1 is 1.32 bits per heavy atom. The number of carbonyl (C=O) groups is 2. The Morgan fingerprint density at radius 2 is 2.09 bits per heavy atom. The molecule has 2 aromatic rings. The van der Waals surface area contributed by atoms with Crippen molar-refractivity contribution in [3.63, 3.8) is 0 Å². The van der Waals surface area contributed by atoms with E-state index in [1.807, 2.05) is 6.92 Å². The molecular formula is C15H14ClN3O3. The molecule has 0 atom stereocenters. The Labute approximate surface area is 131 Å². The molecule has 1 aromatic heterocycles. The maximum Gasteiger partial charge on any atom is 0.260 e. The fourth-order valence-corrected chi connectivity index (χ4v) is 2.63. The van der Waals surface area contributed by atoms with E-state index in [0.29, 0.717) is 22.4 Å². The maximum atomic E-state index is 12.5. The maximum absolute atomic E-state index is 12.5. The van der Waals surface area contributed by atoms with Crippen LogP contribution in [-0.2, 0) is 0 Å². The number of rotatable bonds is 2. The number of fused-ring (bicyclic) bond motifs is 1. The lowest BCUT2D eigenvalue weighted by molar-refractivity contribution is 0.0939. The molecule has 114 valence electrons. The van der Waals surface area contributed by atoms with Crippen LogP contribution in [0.25, 0.3) is 0 Å². The van der Waals surface area contributed by atoms with Gasteiger partial charge in [-0.05, 0) is 37.6 Å². The van der Waals surface area contributed by atoms with Crippen molar-refractivity contribution in [3.05, 3.63) is 45.7 Å². The Hall–Kier alpha value is -2.47. The number of aryl methyl sites for hydroxylation is 2. The van der Waals surface area contributed by atoms with E-state index in [4.69, 9.17) is 16.0 Å². The molecule has 0 spiro atoms. The summed E-state index contributed by atoms with van der Waals surface area (Å²) in [5, 5.41) is 8.90. The number of hydrogen-bond acceptors (Lipinski definition) is 4. The summed E-state index contributed by atoms with van der Waals surface area (Å²) in [6.07, 6.45) is 0. The molecule has 3 rings (SSSR count). The van der Waals surface area contributed by atoms with Crippen molar-refractivity contribution < 1.29 is 14.0 Å². The van der Waals surface area contributed by atoms with Gasteiger partial charge >= 0.3 is 0 Å². The van der Waals surface area contributed by atoms with Gasteiger partial charge in [0.1, 0.15) is 11.3 Å². The summed E-state index contributed by atoms with van der Waals surface area (Å²) in [7, 11) is 0. The Kier molecular flexibility index (Phi) is 3.54. The molecule has 0 unspecified atom stereocenters. The van der Waals surface area contributed by atoms with Gasteiger partial charge in [-0.3, -0.25) is 9.59 Å². The van der Waals surface area contributed by atoms with E-state index in [1.165, 1.54) is 0 Å². The summed E-state index contributed by atoms with van der Waals surface area (Å²) >= 11 is 5.90. The monoisotopic (exact) mass is 319 g/mol. The van der Waals surface area contributed by atoms with Crippen LogP contribution in [0, 0.1) is 13.8 Å². The van der Waals surface area contributed by atoms with E-state index in [0.717, 1.165) is 5.56 Å². The topological polar surface area (TPSA) is 83.4 Å². The highest BCUT2D eigenvalue weighted by molar-refractivity contribution is 6.30. The Morgan fingerprint density at radius 3 is 2.82 bits per heavy atom. The first-order valence-electron chi connectivity index (χ1n) is 6.70. The summed E-state index contributed by atoms with van der Waals surface area (Å²) in [5.41, 5.74) is 1.92. The summed E-state index contributed by atoms with van der Waals surface area (Å²) in [5.74, 6) is -0.0201. The van der Waals surface area contributed by atoms with E-state index >= 15 is 0 Å². The van der Waals surface area contributed by atoms with Crippen molar-refractivity contribution in [1.29, 1.82) is 0 Å². The van der Waals surface area contributed by atoms with Crippen molar-refractivity contribution in [2.45, 2.75) is 13.8 Å². The minimum atomic E-state index is -0.397. The first-order valence-corrected chi connectivity index (χ1v) is 7.08. The third-order valence-corrected chi connectivity index (χ3v) is 3.71. The number of amides is 2. The number of nitrogens with one attached hydrogen (secondary N) is 3. The first-order chi connectivity index (χ1) is 10.5. The number of furan rings is 1. The van der Waals surface area contributed by atoms with Crippen LogP contribution in [0.4, 0.5) is 11.6 Å². The quantitative estimate of drug-likeness (QED) is 0.794. The smallest absolute Gasteiger partial charge is 0.260 e. The number of halogens is 1. The predicted molar refractivity (Wildman–Crippen MR) is 83.5 cm³/mol. The second-order valence-corrected chi connectivity index (χ2v) is 5.45. The molecule has 1 aromatic carbocycles. The summed E-state index contributed by atoms with van der Waals surface area (Å²) in [6, 6.07) is 5.16. The number of carbonyl (C=O) groups excluding carboxylic acids is 2. The fourth-order valence-electron chi connectivity index (χ4n) is 2.40. The van der Waals surface area contributed by atoms with Crippen LogP contribution in [-0.4, -0.2) is 18.5 Å². The van der Waals surface area contributed by atoms with Crippen LogP contribution in [0.1, 0.15) is 32.0 Å². The molecule has 0 radical (unpaired) electrons. The zero-order valence-corrected chi connectivity index (χ0v) is 12.8. The highest BCUT2D eigenvalue weighted by Gasteiger charge is 2.30. The van der Waals surface area contributed by atoms with Gasteiger partial charge in [0, 0.05) is 10.7 Å². The third-order valence-electron chi connectivity index (χ3n) is 3.47. The van der Waals surface area contributed by atoms with Gasteiger partial charge in [-0.15, -0.1) is 0 Å². The molecule has 1 aliphatic heterocycles. The minimum Gasteiger partial charge on any atom is -0.444 e. The van der Waals surface area contributed by atoms with Gasteiger partial charge in [0.05, 0.1) is 12.2 Å². The lowest BCUT2D eigenvalue weighted by Crippen LogP contribution is -2.35. The molecule has 7 heteroatoms. The van der Waals surface area contributed by atoms with Crippen molar-refractivity contribution in [2.75, 3.05) is 17.3 Å². The van der Waals surface area contributed by atoms with Crippen LogP contribution in [0.2, 0.25) is 5.02 Å². The first kappa shape index (κ1) is 14.5. The van der Waals surface area contributed by atoms with Crippen molar-refractivity contribution in [1.82, 2.24) is 5.32 Å². The zero-order valence-electron chi connectivity index (χ0n) is 12.0. The normalized spacial score (nSPS) is 13.1. The van der Waals surface area contributed by atoms with Gasteiger partial charge in [-0.25, -0.2) is 0 Å². The van der Waals surface area contributed by atoms with Crippen LogP contribution >= 0.6 is 11.6 Å². The second-order valence-electron chi connectivity index (χ2n) is 5.01. The molecule has 2 heterocycles. The van der Waals surface area contributed by atoms with Crippen LogP contribution in [0.3, 0.4) is 0 Å². The Bertz CT molecular complexity index is 783. The predicted octanol–water partition coefficient (Wildman–Crippen LogP) is 2.91. The molecule has 6 nitrogen and oxygen atoms in total. The molecule has 0 bridgehead atoms. The van der Waals surface area contributed by atoms with Crippen molar-refractivity contribution in [3.8, 4) is 0 Å². The van der Waals surface area contributed by atoms with E-state index in [2.05, 4.69) is 16.0 Å². The average molecular weight is 320 g/mol. The van der Waals surface area contributed by atoms with E-state index in [-0.39, 0.29) is 23.7 Å². The van der Waals surface area contributed by atoms with Gasteiger partial charge < -0.3 is 20.4 Å². The summed E-state index contributed by atoms with van der Waals surface area (Å²) in [4.78, 5) is 24.5. The standard InChI is InChI=1S/C15H14ClN3O3/c1-7-5-9(16)3-4-10(7)19-14(21)11-8(2)22-15-12(11)13(20)17-6-18-15/h3-5,18H,6H2,1-2H3,(H,17,20)(H,19,21). The molecule has 1 aliphatic rings. The number of hydrogen-bond donors (Lipinski definition) is 3. The highest BCUT2D eigenvalue weighted by Crippen LogP contribution is 2.30. The van der Waals surface area contributed by atoms with Crippen LogP contribution in [0.15, 0.2) is 22.6 Å². The lowest BCUT2D eigenvalue weighted by Gasteiger charge is -2.14. The average Bonchev–Trinajstić information content (AvgIpc) is 2.79. The minimum absolute atomic E-state index is 0.230. The molecule has 0 fully saturated rings. The van der Waals surface area contributed by atoms with E-state index in [9.17, 15) is 9.59 Å². The SMILES string of the molecule is Cc1cc(Cl)ccc1NC(=O)c1c(C)oc2c1C(=O)NCN2. The molecule has 3 N–H and O–H groups in total. The molecular weight excluding hydrogens is 306 g/mol. The number of benzene rings is 1. The number of anilines is 2. The second kappa shape index (κ2) is 5.38. The highest BCUT2D eigenvalue weighted by atomic mass is 35.5. The summed E-state index contributed by atoms with van der Waals surface area (Å²) in [6.45, 7) is 3.76. The van der Waals surface area contributed by atoms with Gasteiger partial charge in [0.2, 0.25) is 5.88 Å². The van der Waals surface area contributed by atoms with Gasteiger partial charge in [-0.2, -0.15) is 0 Å². The molecule has 0 saturated carbocycles. The van der Waals surface area contributed by atoms with Gasteiger partial charge in [0.25, 0.3) is 11.8 Å². The third kappa shape index (κ3) is 2.42. The molecule has 0 saturated heterocycles.